The van der Waals surface area contributed by atoms with Gasteiger partial charge in [-0.1, -0.05) is 0 Å². The number of nitrogens with one attached hydrogen (secondary N) is 1. The van der Waals surface area contributed by atoms with Crippen molar-refractivity contribution < 1.29 is 39.4 Å². The Labute approximate surface area is 134 Å². The minimum atomic E-state index is -1.33. The smallest absolute Gasteiger partial charge is 0.362 e. The molecule has 10 heteroatoms. The first-order valence-corrected chi connectivity index (χ1v) is 6.96. The Morgan fingerprint density at radius 2 is 1.96 bits per heavy atom. The summed E-state index contributed by atoms with van der Waals surface area (Å²) in [5, 5.41) is 42.3. The molecular weight excluding hydrogens is 310 g/mol. The molecule has 1 rings (SSSR count). The molecule has 1 unspecified atom stereocenters. The number of Topliss-reactive ketones (excluding diaryl/α,β-unsaturated/α-hetero) is 1. The second-order valence-electron chi connectivity index (χ2n) is 5.07. The number of quaternary nitrogens is 1. The molecule has 0 bridgehead atoms. The Kier molecular flexibility index (Phi) is 8.45. The third-order valence-corrected chi connectivity index (χ3v) is 3.76. The van der Waals surface area contributed by atoms with Crippen LogP contribution in [0.4, 0.5) is 0 Å². The summed E-state index contributed by atoms with van der Waals surface area (Å²) in [4.78, 5) is 36.0. The van der Waals surface area contributed by atoms with Crippen LogP contribution >= 0.6 is 0 Å². The molecule has 0 radical (unpaired) electrons. The van der Waals surface area contributed by atoms with Crippen LogP contribution in [0, 0.1) is 0 Å². The van der Waals surface area contributed by atoms with Crippen molar-refractivity contribution in [1.82, 2.24) is 10.3 Å². The van der Waals surface area contributed by atoms with Crippen molar-refractivity contribution in [1.29, 1.82) is 0 Å². The molecule has 1 heterocycles. The topological polar surface area (TPSA) is 153 Å². The van der Waals surface area contributed by atoms with E-state index < -0.39 is 53.7 Å². The van der Waals surface area contributed by atoms with Gasteiger partial charge in [0, 0.05) is 13.7 Å². The van der Waals surface area contributed by atoms with Gasteiger partial charge in [-0.2, -0.15) is 16.7 Å². The quantitative estimate of drug-likeness (QED) is 0.393. The van der Waals surface area contributed by atoms with E-state index in [1.165, 1.54) is 14.0 Å². The van der Waals surface area contributed by atoms with Crippen LogP contribution in [0.3, 0.4) is 0 Å². The van der Waals surface area contributed by atoms with Crippen molar-refractivity contribution in [2.45, 2.75) is 32.0 Å². The second-order valence-corrected chi connectivity index (χ2v) is 5.07. The molecule has 0 saturated carbocycles. The number of carbonyl (C=O) groups is 3. The molecule has 134 valence electrons. The number of rotatable bonds is 7. The summed E-state index contributed by atoms with van der Waals surface area (Å²) in [6.45, 7) is 0.538. The fraction of sp³-hybridized carbons (Fsp3) is 0.769. The molecule has 0 aromatic carbocycles. The minimum absolute atomic E-state index is 0.324. The molecule has 1 aliphatic rings. The predicted octanol–water partition coefficient (Wildman–Crippen LogP) is -4.70. The van der Waals surface area contributed by atoms with Crippen LogP contribution in [0.25, 0.3) is 0 Å². The van der Waals surface area contributed by atoms with E-state index in [2.05, 4.69) is 5.32 Å². The molecular formula is C13H24N3O7-. The van der Waals surface area contributed by atoms with Crippen LogP contribution in [-0.2, 0) is 14.4 Å². The fourth-order valence-electron chi connectivity index (χ4n) is 2.68. The Morgan fingerprint density at radius 1 is 1.43 bits per heavy atom. The van der Waals surface area contributed by atoms with Crippen LogP contribution < -0.4 is 15.5 Å². The number of aliphatic hydroxyl groups is 2. The summed E-state index contributed by atoms with van der Waals surface area (Å²) >= 11 is 0. The lowest BCUT2D eigenvalue weighted by Gasteiger charge is -2.56. The number of aliphatic hydroxyl groups excluding tert-OH is 2. The van der Waals surface area contributed by atoms with Crippen LogP contribution in [0.15, 0.2) is 0 Å². The zero-order chi connectivity index (χ0) is 18.4. The molecule has 1 aliphatic heterocycles. The normalized spacial score (nSPS) is 24.0. The molecule has 0 aliphatic carbocycles. The number of amides is 2. The highest BCUT2D eigenvalue weighted by molar-refractivity contribution is 5.92. The van der Waals surface area contributed by atoms with Gasteiger partial charge in [0.25, 0.3) is 5.91 Å². The zero-order valence-electron chi connectivity index (χ0n) is 13.7. The number of hydrogen-bond donors (Lipinski definition) is 3. The number of carbonyl (C=O) groups excluding carboxylic acids is 3. The summed E-state index contributed by atoms with van der Waals surface area (Å²) in [7, 11) is 2.20. The molecule has 2 amide bonds. The van der Waals surface area contributed by atoms with E-state index in [1.54, 1.807) is 0 Å². The molecule has 0 aromatic rings. The van der Waals surface area contributed by atoms with Gasteiger partial charge < -0.3 is 25.7 Å². The first kappa shape index (κ1) is 21.6. The first-order valence-electron chi connectivity index (χ1n) is 6.96. The number of likely N-dealkylation sites (N-methyl/N-ethyl adjacent to an activating group) is 1. The summed E-state index contributed by atoms with van der Waals surface area (Å²) in [6.07, 6.45) is -1.27. The molecule has 1 saturated heterocycles. The van der Waals surface area contributed by atoms with Crippen LogP contribution in [0.1, 0.15) is 13.8 Å². The van der Waals surface area contributed by atoms with E-state index in [9.17, 15) is 24.6 Å². The van der Waals surface area contributed by atoms with Crippen molar-refractivity contribution >= 4 is 17.6 Å². The Morgan fingerprint density at radius 3 is 2.22 bits per heavy atom. The van der Waals surface area contributed by atoms with Crippen molar-refractivity contribution in [2.75, 3.05) is 34.0 Å². The zero-order valence-corrected chi connectivity index (χ0v) is 13.7. The lowest BCUT2D eigenvalue weighted by molar-refractivity contribution is -1.04. The molecule has 23 heavy (non-hydrogen) atoms. The van der Waals surface area contributed by atoms with E-state index in [0.717, 1.165) is 19.0 Å². The Bertz CT molecular complexity index is 439. The highest BCUT2D eigenvalue weighted by Crippen LogP contribution is 2.30. The largest absolute Gasteiger partial charge is 0.857 e. The molecule has 1 fully saturated rings. The van der Waals surface area contributed by atoms with Crippen molar-refractivity contribution in [3.63, 3.8) is 0 Å². The maximum absolute atomic E-state index is 12.3. The standard InChI is InChI=1S/C12H21N3O6.CH3O/c1-7(18)11(8(2)19)15(6-17)10(20)4-14(15)12(21)9(5-16)13-3;1-2/h7,9,11,13,16,18H,4-6H2,1-3H3;1H3/q;-1/t7-,9-,11-,15?;/m0./s1. The fourth-order valence-corrected chi connectivity index (χ4v) is 2.68. The maximum Gasteiger partial charge on any atom is 0.362 e. The van der Waals surface area contributed by atoms with Crippen molar-refractivity contribution in [2.24, 2.45) is 0 Å². The van der Waals surface area contributed by atoms with Gasteiger partial charge in [0.1, 0.15) is 12.1 Å². The monoisotopic (exact) mass is 334 g/mol. The minimum Gasteiger partial charge on any atom is -0.857 e. The van der Waals surface area contributed by atoms with E-state index in [4.69, 9.17) is 10.2 Å². The molecule has 10 nitrogen and oxygen atoms in total. The van der Waals surface area contributed by atoms with Gasteiger partial charge in [-0.05, 0) is 14.0 Å². The van der Waals surface area contributed by atoms with Crippen LogP contribution in [-0.4, -0.2) is 89.6 Å². The van der Waals surface area contributed by atoms with Gasteiger partial charge in [-0.15, -0.1) is 0 Å². The highest BCUT2D eigenvalue weighted by Gasteiger charge is 2.62. The summed E-state index contributed by atoms with van der Waals surface area (Å²) < 4.78 is -1.07. The number of hydrogen-bond acceptors (Lipinski definition) is 8. The van der Waals surface area contributed by atoms with Gasteiger partial charge in [0.2, 0.25) is 6.04 Å². The van der Waals surface area contributed by atoms with E-state index >= 15 is 0 Å². The average Bonchev–Trinajstić information content (AvgIpc) is 2.51. The molecule has 0 aromatic heterocycles. The lowest BCUT2D eigenvalue weighted by Crippen LogP contribution is -2.85. The van der Waals surface area contributed by atoms with Gasteiger partial charge >= 0.3 is 5.91 Å². The van der Waals surface area contributed by atoms with E-state index in [0.29, 0.717) is 0 Å². The number of nitrogens with zero attached hydrogens (tertiary/aromatic N) is 2. The van der Waals surface area contributed by atoms with Gasteiger partial charge in [0.15, 0.2) is 12.3 Å². The van der Waals surface area contributed by atoms with Gasteiger partial charge in [-0.3, -0.25) is 9.59 Å². The maximum atomic E-state index is 12.3. The van der Waals surface area contributed by atoms with Crippen molar-refractivity contribution in [3.8, 4) is 0 Å². The Balaban J connectivity index is 0.00000232. The predicted molar refractivity (Wildman–Crippen MR) is 73.9 cm³/mol. The second kappa shape index (κ2) is 9.01. The average molecular weight is 334 g/mol. The third kappa shape index (κ3) is 3.74. The Hall–Kier alpha value is -1.43. The summed E-state index contributed by atoms with van der Waals surface area (Å²) in [5.41, 5.74) is 0. The molecule has 3 N–H and O–H groups in total. The van der Waals surface area contributed by atoms with Gasteiger partial charge in [0.05, 0.1) is 6.61 Å². The van der Waals surface area contributed by atoms with Crippen LogP contribution in [0.2, 0.25) is 0 Å². The van der Waals surface area contributed by atoms with Gasteiger partial charge in [-0.25, -0.2) is 4.79 Å². The highest BCUT2D eigenvalue weighted by atomic mass is 16.3. The number of ketones is 1. The third-order valence-electron chi connectivity index (χ3n) is 3.76. The first-order chi connectivity index (χ1) is 10.8. The molecule has 0 spiro atoms. The van der Waals surface area contributed by atoms with E-state index in [1.807, 2.05) is 0 Å². The molecule has 4 atom stereocenters. The van der Waals surface area contributed by atoms with E-state index in [-0.39, 0.29) is 6.54 Å². The summed E-state index contributed by atoms with van der Waals surface area (Å²) in [6, 6.07) is -2.31. The SMILES string of the molecule is CN[C@@H](CO)C(=O)N1CC(=O)[N+]1(C[O-])[C@H](C(C)=O)[C@H](C)O.C[O-]. The van der Waals surface area contributed by atoms with Crippen molar-refractivity contribution in [3.05, 3.63) is 0 Å². The van der Waals surface area contributed by atoms with Crippen LogP contribution in [0.5, 0.6) is 0 Å². The summed E-state index contributed by atoms with van der Waals surface area (Å²) in [5.74, 6) is -1.83. The lowest BCUT2D eigenvalue weighted by atomic mass is 10.0.